The largest absolute Gasteiger partial charge is 0.329 e. The number of benzene rings is 1. The van der Waals surface area contributed by atoms with Crippen molar-refractivity contribution < 1.29 is 13.6 Å². The fourth-order valence-corrected chi connectivity index (χ4v) is 2.45. The molecule has 1 aliphatic rings. The van der Waals surface area contributed by atoms with Gasteiger partial charge in [-0.2, -0.15) is 0 Å². The van der Waals surface area contributed by atoms with Gasteiger partial charge >= 0.3 is 0 Å². The van der Waals surface area contributed by atoms with Gasteiger partial charge in [-0.25, -0.2) is 8.78 Å². The Hall–Kier alpha value is -1.36. The first-order valence-corrected chi connectivity index (χ1v) is 6.32. The zero-order valence-electron chi connectivity index (χ0n) is 9.03. The Labute approximate surface area is 102 Å². The molecule has 17 heavy (non-hydrogen) atoms. The van der Waals surface area contributed by atoms with Crippen LogP contribution in [0.25, 0.3) is 6.08 Å². The third-order valence-electron chi connectivity index (χ3n) is 2.43. The second-order valence-electron chi connectivity index (χ2n) is 3.64. The minimum atomic E-state index is -0.536. The number of rotatable bonds is 2. The smallest absolute Gasteiger partial charge is 0.247 e. The van der Waals surface area contributed by atoms with Gasteiger partial charge in [-0.1, -0.05) is 0 Å². The van der Waals surface area contributed by atoms with Gasteiger partial charge in [-0.3, -0.25) is 4.79 Å². The maximum absolute atomic E-state index is 13.3. The van der Waals surface area contributed by atoms with E-state index in [-0.39, 0.29) is 11.5 Å². The summed E-state index contributed by atoms with van der Waals surface area (Å²) in [5.41, 5.74) is 0.0881. The molecule has 90 valence electrons. The minimum absolute atomic E-state index is 0.0881. The number of carbonyl (C=O) groups is 1. The van der Waals surface area contributed by atoms with Crippen LogP contribution in [-0.2, 0) is 4.79 Å². The standard InChI is InChI=1S/C12H11F2NOS/c13-10-2-3-11(14)9(7-10)1-4-12(16)15-5-6-17-8-15/h1-4,7H,5-6,8H2/b4-1+. The fourth-order valence-electron chi connectivity index (χ4n) is 1.50. The number of halogens is 2. The van der Waals surface area contributed by atoms with Crippen LogP contribution in [0.15, 0.2) is 24.3 Å². The van der Waals surface area contributed by atoms with Crippen molar-refractivity contribution >= 4 is 23.7 Å². The van der Waals surface area contributed by atoms with Crippen LogP contribution in [0, 0.1) is 11.6 Å². The van der Waals surface area contributed by atoms with Gasteiger partial charge < -0.3 is 4.90 Å². The van der Waals surface area contributed by atoms with E-state index in [9.17, 15) is 13.6 Å². The molecule has 1 aliphatic heterocycles. The number of nitrogens with zero attached hydrogens (tertiary/aromatic N) is 1. The maximum Gasteiger partial charge on any atom is 0.247 e. The van der Waals surface area contributed by atoms with Crippen LogP contribution in [0.5, 0.6) is 0 Å². The van der Waals surface area contributed by atoms with E-state index in [0.29, 0.717) is 12.4 Å². The van der Waals surface area contributed by atoms with Crippen molar-refractivity contribution in [2.45, 2.75) is 0 Å². The van der Waals surface area contributed by atoms with E-state index in [0.717, 1.165) is 24.0 Å². The molecule has 0 aromatic heterocycles. The molecule has 1 aromatic carbocycles. The highest BCUT2D eigenvalue weighted by Crippen LogP contribution is 2.15. The van der Waals surface area contributed by atoms with Gasteiger partial charge in [0.05, 0.1) is 5.88 Å². The first kappa shape index (κ1) is 12.1. The molecule has 0 aliphatic carbocycles. The molecule has 1 aromatic rings. The van der Waals surface area contributed by atoms with Crippen molar-refractivity contribution in [2.75, 3.05) is 18.2 Å². The molecule has 1 heterocycles. The number of hydrogen-bond acceptors (Lipinski definition) is 2. The average molecular weight is 255 g/mol. The molecule has 0 N–H and O–H groups in total. The molecule has 0 spiro atoms. The molecule has 0 bridgehead atoms. The third-order valence-corrected chi connectivity index (χ3v) is 3.39. The predicted octanol–water partition coefficient (Wildman–Crippen LogP) is 2.51. The molecule has 0 saturated carbocycles. The molecule has 2 nitrogen and oxygen atoms in total. The van der Waals surface area contributed by atoms with Crippen molar-refractivity contribution in [1.82, 2.24) is 4.90 Å². The number of thioether (sulfide) groups is 1. The van der Waals surface area contributed by atoms with Crippen molar-refractivity contribution in [2.24, 2.45) is 0 Å². The molecule has 0 radical (unpaired) electrons. The van der Waals surface area contributed by atoms with Gasteiger partial charge in [0.2, 0.25) is 5.91 Å². The quantitative estimate of drug-likeness (QED) is 0.757. The Morgan fingerprint density at radius 1 is 1.41 bits per heavy atom. The first-order chi connectivity index (χ1) is 8.16. The molecule has 1 fully saturated rings. The zero-order chi connectivity index (χ0) is 12.3. The van der Waals surface area contributed by atoms with E-state index < -0.39 is 11.6 Å². The van der Waals surface area contributed by atoms with Crippen LogP contribution in [0.2, 0.25) is 0 Å². The van der Waals surface area contributed by atoms with Gasteiger partial charge in [0, 0.05) is 23.9 Å². The van der Waals surface area contributed by atoms with Crippen molar-refractivity contribution in [1.29, 1.82) is 0 Å². The van der Waals surface area contributed by atoms with Crippen LogP contribution in [-0.4, -0.2) is 29.0 Å². The van der Waals surface area contributed by atoms with Gasteiger partial charge in [0.1, 0.15) is 11.6 Å². The van der Waals surface area contributed by atoms with Crippen LogP contribution < -0.4 is 0 Å². The van der Waals surface area contributed by atoms with Crippen LogP contribution in [0.4, 0.5) is 8.78 Å². The first-order valence-electron chi connectivity index (χ1n) is 5.16. The van der Waals surface area contributed by atoms with E-state index in [1.807, 2.05) is 0 Å². The van der Waals surface area contributed by atoms with Crippen LogP contribution >= 0.6 is 11.8 Å². The van der Waals surface area contributed by atoms with Crippen LogP contribution in [0.1, 0.15) is 5.56 Å². The van der Waals surface area contributed by atoms with Gasteiger partial charge in [-0.15, -0.1) is 11.8 Å². The molecule has 0 unspecified atom stereocenters. The van der Waals surface area contributed by atoms with E-state index in [2.05, 4.69) is 0 Å². The van der Waals surface area contributed by atoms with E-state index in [1.54, 1.807) is 16.7 Å². The normalized spacial score (nSPS) is 15.8. The lowest BCUT2D eigenvalue weighted by Crippen LogP contribution is -2.25. The minimum Gasteiger partial charge on any atom is -0.329 e. The summed E-state index contributed by atoms with van der Waals surface area (Å²) in [6, 6.07) is 3.16. The van der Waals surface area contributed by atoms with E-state index in [4.69, 9.17) is 0 Å². The Morgan fingerprint density at radius 3 is 2.94 bits per heavy atom. The summed E-state index contributed by atoms with van der Waals surface area (Å²) in [5.74, 6) is 0.364. The number of hydrogen-bond donors (Lipinski definition) is 0. The highest BCUT2D eigenvalue weighted by atomic mass is 32.2. The lowest BCUT2D eigenvalue weighted by molar-refractivity contribution is -0.124. The lowest BCUT2D eigenvalue weighted by atomic mass is 10.2. The summed E-state index contributed by atoms with van der Waals surface area (Å²) in [7, 11) is 0. The predicted molar refractivity (Wildman–Crippen MR) is 64.4 cm³/mol. The van der Waals surface area contributed by atoms with Crippen molar-refractivity contribution in [3.05, 3.63) is 41.5 Å². The van der Waals surface area contributed by atoms with Gasteiger partial charge in [-0.05, 0) is 24.3 Å². The topological polar surface area (TPSA) is 20.3 Å². The van der Waals surface area contributed by atoms with Crippen molar-refractivity contribution in [3.63, 3.8) is 0 Å². The van der Waals surface area contributed by atoms with Gasteiger partial charge in [0.15, 0.2) is 0 Å². The second kappa shape index (κ2) is 5.31. The Morgan fingerprint density at radius 2 is 2.24 bits per heavy atom. The number of carbonyl (C=O) groups excluding carboxylic acids is 1. The number of amides is 1. The maximum atomic E-state index is 13.3. The lowest BCUT2D eigenvalue weighted by Gasteiger charge is -2.10. The molecule has 5 heteroatoms. The molecule has 1 saturated heterocycles. The Balaban J connectivity index is 2.08. The molecular formula is C12H11F2NOS. The summed E-state index contributed by atoms with van der Waals surface area (Å²) in [6.07, 6.45) is 2.59. The van der Waals surface area contributed by atoms with E-state index >= 15 is 0 Å². The van der Waals surface area contributed by atoms with Crippen molar-refractivity contribution in [3.8, 4) is 0 Å². The molecular weight excluding hydrogens is 244 g/mol. The third kappa shape index (κ3) is 3.06. The molecule has 1 amide bonds. The monoisotopic (exact) mass is 255 g/mol. The average Bonchev–Trinajstić information content (AvgIpc) is 2.83. The second-order valence-corrected chi connectivity index (χ2v) is 4.71. The SMILES string of the molecule is O=C(/C=C/c1cc(F)ccc1F)N1CCSC1. The highest BCUT2D eigenvalue weighted by Gasteiger charge is 2.15. The summed E-state index contributed by atoms with van der Waals surface area (Å²) in [6.45, 7) is 0.708. The summed E-state index contributed by atoms with van der Waals surface area (Å²) in [5, 5.41) is 0. The highest BCUT2D eigenvalue weighted by molar-refractivity contribution is 7.99. The van der Waals surface area contributed by atoms with Crippen LogP contribution in [0.3, 0.4) is 0 Å². The fraction of sp³-hybridized carbons (Fsp3) is 0.250. The summed E-state index contributed by atoms with van der Waals surface area (Å²) < 4.78 is 26.1. The Kier molecular flexibility index (Phi) is 3.78. The summed E-state index contributed by atoms with van der Waals surface area (Å²) in [4.78, 5) is 13.3. The molecule has 0 atom stereocenters. The zero-order valence-corrected chi connectivity index (χ0v) is 9.84. The molecule has 2 rings (SSSR count). The Bertz CT molecular complexity index is 456. The summed E-state index contributed by atoms with van der Waals surface area (Å²) >= 11 is 1.67. The van der Waals surface area contributed by atoms with E-state index in [1.165, 1.54) is 12.2 Å². The van der Waals surface area contributed by atoms with Gasteiger partial charge in [0.25, 0.3) is 0 Å².